The highest BCUT2D eigenvalue weighted by molar-refractivity contribution is 9.10. The van der Waals surface area contributed by atoms with E-state index < -0.39 is 0 Å². The van der Waals surface area contributed by atoms with Crippen molar-refractivity contribution in [3.8, 4) is 17.5 Å². The zero-order chi connectivity index (χ0) is 10.8. The number of hydrogen-bond acceptors (Lipinski definition) is 5. The minimum absolute atomic E-state index is 0.0208. The lowest BCUT2D eigenvalue weighted by atomic mass is 10.3. The number of rotatable bonds is 1. The third-order valence-electron chi connectivity index (χ3n) is 1.71. The van der Waals surface area contributed by atoms with Crippen LogP contribution in [-0.4, -0.2) is 9.97 Å². The van der Waals surface area contributed by atoms with Crippen molar-refractivity contribution in [2.75, 3.05) is 5.73 Å². The van der Waals surface area contributed by atoms with E-state index in [1.165, 1.54) is 0 Å². The molecule has 0 saturated heterocycles. The van der Waals surface area contributed by atoms with E-state index in [4.69, 9.17) is 15.4 Å². The SMILES string of the molecule is N#Cc1nc(-c2cncc(Br)c2)oc1N. The number of oxazole rings is 1. The number of hydrogen-bond donors (Lipinski definition) is 1. The van der Waals surface area contributed by atoms with Crippen LogP contribution in [0.1, 0.15) is 5.69 Å². The summed E-state index contributed by atoms with van der Waals surface area (Å²) >= 11 is 3.27. The van der Waals surface area contributed by atoms with Crippen LogP contribution in [0.2, 0.25) is 0 Å². The molecule has 2 rings (SSSR count). The Morgan fingerprint density at radius 2 is 2.27 bits per heavy atom. The first-order valence-electron chi connectivity index (χ1n) is 3.98. The van der Waals surface area contributed by atoms with Crippen molar-refractivity contribution in [2.24, 2.45) is 0 Å². The highest BCUT2D eigenvalue weighted by Gasteiger charge is 2.11. The molecule has 0 aromatic carbocycles. The van der Waals surface area contributed by atoms with Gasteiger partial charge in [-0.3, -0.25) is 4.98 Å². The van der Waals surface area contributed by atoms with E-state index >= 15 is 0 Å². The highest BCUT2D eigenvalue weighted by Crippen LogP contribution is 2.24. The van der Waals surface area contributed by atoms with Gasteiger partial charge in [0.25, 0.3) is 0 Å². The van der Waals surface area contributed by atoms with Crippen molar-refractivity contribution in [1.82, 2.24) is 9.97 Å². The van der Waals surface area contributed by atoms with Crippen molar-refractivity contribution >= 4 is 21.8 Å². The van der Waals surface area contributed by atoms with Crippen molar-refractivity contribution in [1.29, 1.82) is 5.26 Å². The van der Waals surface area contributed by atoms with Gasteiger partial charge in [0.05, 0.1) is 5.56 Å². The first-order chi connectivity index (χ1) is 7.20. The minimum atomic E-state index is 0.0208. The molecule has 6 heteroatoms. The maximum absolute atomic E-state index is 8.66. The topological polar surface area (TPSA) is 88.7 Å². The average molecular weight is 265 g/mol. The van der Waals surface area contributed by atoms with E-state index in [1.807, 2.05) is 6.07 Å². The van der Waals surface area contributed by atoms with Gasteiger partial charge in [0.1, 0.15) is 6.07 Å². The number of aromatic nitrogens is 2. The Kier molecular flexibility index (Phi) is 2.39. The van der Waals surface area contributed by atoms with Crippen molar-refractivity contribution < 1.29 is 4.42 Å². The van der Waals surface area contributed by atoms with Gasteiger partial charge in [-0.2, -0.15) is 10.2 Å². The molecule has 0 fully saturated rings. The molecule has 0 bridgehead atoms. The molecule has 74 valence electrons. The highest BCUT2D eigenvalue weighted by atomic mass is 79.9. The second-order valence-corrected chi connectivity index (χ2v) is 3.65. The van der Waals surface area contributed by atoms with Gasteiger partial charge >= 0.3 is 0 Å². The Labute approximate surface area is 93.7 Å². The van der Waals surface area contributed by atoms with Gasteiger partial charge in [0.2, 0.25) is 17.5 Å². The van der Waals surface area contributed by atoms with Crippen LogP contribution in [0.5, 0.6) is 0 Å². The summed E-state index contributed by atoms with van der Waals surface area (Å²) < 4.78 is 5.93. The van der Waals surface area contributed by atoms with Crippen LogP contribution in [0.4, 0.5) is 5.88 Å². The smallest absolute Gasteiger partial charge is 0.231 e. The molecule has 0 amide bonds. The molecular formula is C9H5BrN4O. The molecular weight excluding hydrogens is 260 g/mol. The number of nitrogens with two attached hydrogens (primary N) is 1. The molecule has 15 heavy (non-hydrogen) atoms. The van der Waals surface area contributed by atoms with Crippen LogP contribution in [0, 0.1) is 11.3 Å². The summed E-state index contributed by atoms with van der Waals surface area (Å²) in [4.78, 5) is 7.88. The van der Waals surface area contributed by atoms with Gasteiger partial charge in [0.15, 0.2) is 0 Å². The second kappa shape index (κ2) is 3.71. The van der Waals surface area contributed by atoms with Gasteiger partial charge in [-0.15, -0.1) is 0 Å². The lowest BCUT2D eigenvalue weighted by Gasteiger charge is -1.94. The van der Waals surface area contributed by atoms with Gasteiger partial charge in [0, 0.05) is 16.9 Å². The molecule has 0 unspecified atom stereocenters. The first-order valence-corrected chi connectivity index (χ1v) is 4.77. The fourth-order valence-electron chi connectivity index (χ4n) is 1.06. The maximum Gasteiger partial charge on any atom is 0.231 e. The van der Waals surface area contributed by atoms with Crippen LogP contribution in [0.3, 0.4) is 0 Å². The number of nitrogens with zero attached hydrogens (tertiary/aromatic N) is 3. The summed E-state index contributed by atoms with van der Waals surface area (Å²) in [6, 6.07) is 3.62. The molecule has 0 aliphatic heterocycles. The Bertz CT molecular complexity index is 543. The predicted octanol–water partition coefficient (Wildman–Crippen LogP) is 1.95. The van der Waals surface area contributed by atoms with Crippen molar-refractivity contribution in [3.63, 3.8) is 0 Å². The molecule has 2 aromatic heterocycles. The monoisotopic (exact) mass is 264 g/mol. The summed E-state index contributed by atoms with van der Waals surface area (Å²) in [6.07, 6.45) is 3.22. The largest absolute Gasteiger partial charge is 0.419 e. The number of nitriles is 1. The Morgan fingerprint density at radius 1 is 1.47 bits per heavy atom. The Balaban J connectivity index is 2.51. The maximum atomic E-state index is 8.66. The average Bonchev–Trinajstić information content (AvgIpc) is 2.60. The van der Waals surface area contributed by atoms with Crippen LogP contribution >= 0.6 is 15.9 Å². The molecule has 2 N–H and O–H groups in total. The van der Waals surface area contributed by atoms with Crippen LogP contribution in [0.15, 0.2) is 27.3 Å². The summed E-state index contributed by atoms with van der Waals surface area (Å²) in [5.41, 5.74) is 6.20. The van der Waals surface area contributed by atoms with Crippen LogP contribution in [-0.2, 0) is 0 Å². The normalized spacial score (nSPS) is 9.87. The molecule has 0 radical (unpaired) electrons. The second-order valence-electron chi connectivity index (χ2n) is 2.74. The van der Waals surface area contributed by atoms with E-state index in [0.29, 0.717) is 5.56 Å². The lowest BCUT2D eigenvalue weighted by Crippen LogP contribution is -1.84. The zero-order valence-corrected chi connectivity index (χ0v) is 9.02. The van der Waals surface area contributed by atoms with E-state index in [-0.39, 0.29) is 17.5 Å². The Hall–Kier alpha value is -1.87. The van der Waals surface area contributed by atoms with Gasteiger partial charge < -0.3 is 10.2 Å². The third-order valence-corrected chi connectivity index (χ3v) is 2.14. The molecule has 2 heterocycles. The van der Waals surface area contributed by atoms with E-state index in [9.17, 15) is 0 Å². The van der Waals surface area contributed by atoms with Gasteiger partial charge in [-0.25, -0.2) is 0 Å². The number of pyridine rings is 1. The van der Waals surface area contributed by atoms with Crippen molar-refractivity contribution in [3.05, 3.63) is 28.6 Å². The standard InChI is InChI=1S/C9H5BrN4O/c10-6-1-5(3-13-4-6)9-14-7(2-11)8(12)15-9/h1,3-4H,12H2. The van der Waals surface area contributed by atoms with Crippen LogP contribution < -0.4 is 5.73 Å². The van der Waals surface area contributed by atoms with E-state index in [2.05, 4.69) is 25.9 Å². The molecule has 0 aliphatic rings. The molecule has 0 atom stereocenters. The summed E-state index contributed by atoms with van der Waals surface area (Å²) in [5, 5.41) is 8.66. The third kappa shape index (κ3) is 1.82. The van der Waals surface area contributed by atoms with Crippen LogP contribution in [0.25, 0.3) is 11.5 Å². The summed E-state index contributed by atoms with van der Waals surface area (Å²) in [6.45, 7) is 0. The summed E-state index contributed by atoms with van der Waals surface area (Å²) in [5.74, 6) is 0.310. The predicted molar refractivity (Wildman–Crippen MR) is 56.6 cm³/mol. The van der Waals surface area contributed by atoms with Gasteiger partial charge in [-0.05, 0) is 22.0 Å². The molecule has 0 spiro atoms. The minimum Gasteiger partial charge on any atom is -0.419 e. The molecule has 2 aromatic rings. The van der Waals surface area contributed by atoms with Crippen molar-refractivity contribution in [2.45, 2.75) is 0 Å². The van der Waals surface area contributed by atoms with E-state index in [0.717, 1.165) is 4.47 Å². The fraction of sp³-hybridized carbons (Fsp3) is 0. The lowest BCUT2D eigenvalue weighted by molar-refractivity contribution is 0.593. The number of halogens is 1. The molecule has 0 saturated carbocycles. The number of anilines is 1. The Morgan fingerprint density at radius 3 is 2.87 bits per heavy atom. The first kappa shape index (κ1) is 9.68. The zero-order valence-electron chi connectivity index (χ0n) is 7.44. The quantitative estimate of drug-likeness (QED) is 0.851. The molecule has 5 nitrogen and oxygen atoms in total. The van der Waals surface area contributed by atoms with E-state index in [1.54, 1.807) is 18.5 Å². The number of nitrogen functional groups attached to an aromatic ring is 1. The fourth-order valence-corrected chi connectivity index (χ4v) is 1.43. The summed E-state index contributed by atoms with van der Waals surface area (Å²) in [7, 11) is 0. The molecule has 0 aliphatic carbocycles. The van der Waals surface area contributed by atoms with Gasteiger partial charge in [-0.1, -0.05) is 0 Å².